The van der Waals surface area contributed by atoms with Crippen LogP contribution in [0.3, 0.4) is 0 Å². The van der Waals surface area contributed by atoms with Gasteiger partial charge in [0.15, 0.2) is 0 Å². The van der Waals surface area contributed by atoms with Crippen molar-refractivity contribution in [2.75, 3.05) is 6.61 Å². The summed E-state index contributed by atoms with van der Waals surface area (Å²) in [6.45, 7) is 0.864. The normalized spacial score (nSPS) is 17.4. The molecule has 3 nitrogen and oxygen atoms in total. The molecule has 0 atom stereocenters. The Morgan fingerprint density at radius 1 is 1.24 bits per heavy atom. The average molecular weight is 230 g/mol. The van der Waals surface area contributed by atoms with Gasteiger partial charge in [-0.25, -0.2) is 0 Å². The van der Waals surface area contributed by atoms with Crippen LogP contribution in [0.25, 0.3) is 10.9 Å². The van der Waals surface area contributed by atoms with Crippen molar-refractivity contribution in [2.24, 2.45) is 5.92 Å². The zero-order valence-corrected chi connectivity index (χ0v) is 9.98. The van der Waals surface area contributed by atoms with Crippen LogP contribution in [0.5, 0.6) is 5.75 Å². The molecule has 1 saturated carbocycles. The molecule has 0 aliphatic heterocycles. The molecular weight excluding hydrogens is 212 g/mol. The van der Waals surface area contributed by atoms with Gasteiger partial charge in [-0.05, 0) is 37.0 Å². The van der Waals surface area contributed by atoms with Gasteiger partial charge >= 0.3 is 0 Å². The lowest BCUT2D eigenvalue weighted by molar-refractivity contribution is 0.209. The molecule has 0 spiro atoms. The Hall–Kier alpha value is -1.51. The highest BCUT2D eigenvalue weighted by Gasteiger charge is 2.13. The van der Waals surface area contributed by atoms with Crippen molar-refractivity contribution in [1.82, 2.24) is 10.2 Å². The van der Waals surface area contributed by atoms with Gasteiger partial charge in [0.25, 0.3) is 0 Å². The van der Waals surface area contributed by atoms with E-state index >= 15 is 0 Å². The highest BCUT2D eigenvalue weighted by atomic mass is 16.5. The van der Waals surface area contributed by atoms with Crippen LogP contribution in [0, 0.1) is 5.92 Å². The molecule has 0 radical (unpaired) electrons. The first-order chi connectivity index (χ1) is 8.42. The van der Waals surface area contributed by atoms with E-state index in [2.05, 4.69) is 16.3 Å². The molecule has 1 N–H and O–H groups in total. The van der Waals surface area contributed by atoms with Crippen LogP contribution in [-0.2, 0) is 0 Å². The average Bonchev–Trinajstić information content (AvgIpc) is 2.85. The largest absolute Gasteiger partial charge is 0.493 e. The number of H-pyrrole nitrogens is 1. The number of hydrogen-bond acceptors (Lipinski definition) is 2. The number of aromatic nitrogens is 2. The summed E-state index contributed by atoms with van der Waals surface area (Å²) < 4.78 is 5.88. The quantitative estimate of drug-likeness (QED) is 0.876. The summed E-state index contributed by atoms with van der Waals surface area (Å²) in [4.78, 5) is 0. The molecule has 0 amide bonds. The van der Waals surface area contributed by atoms with Crippen LogP contribution in [-0.4, -0.2) is 16.8 Å². The minimum absolute atomic E-state index is 0.754. The first kappa shape index (κ1) is 10.6. The fourth-order valence-corrected chi connectivity index (χ4v) is 2.58. The number of hydrogen-bond donors (Lipinski definition) is 1. The van der Waals surface area contributed by atoms with E-state index in [1.165, 1.54) is 32.1 Å². The summed E-state index contributed by atoms with van der Waals surface area (Å²) in [5, 5.41) is 8.08. The molecule has 1 heterocycles. The molecule has 90 valence electrons. The lowest BCUT2D eigenvalue weighted by atomic mass is 9.90. The van der Waals surface area contributed by atoms with Gasteiger partial charge in [0.05, 0.1) is 18.3 Å². The van der Waals surface area contributed by atoms with Crippen molar-refractivity contribution in [2.45, 2.75) is 32.1 Å². The molecule has 1 aliphatic carbocycles. The van der Waals surface area contributed by atoms with Crippen molar-refractivity contribution in [1.29, 1.82) is 0 Å². The van der Waals surface area contributed by atoms with E-state index in [1.54, 1.807) is 0 Å². The molecule has 1 aliphatic rings. The van der Waals surface area contributed by atoms with Gasteiger partial charge in [-0.15, -0.1) is 0 Å². The highest BCUT2D eigenvalue weighted by Crippen LogP contribution is 2.25. The SMILES string of the molecule is c1cc2[nH]ncc2cc1OCC1CCCCC1. The van der Waals surface area contributed by atoms with Gasteiger partial charge in [0.1, 0.15) is 5.75 Å². The minimum Gasteiger partial charge on any atom is -0.493 e. The Morgan fingerprint density at radius 2 is 2.12 bits per heavy atom. The Balaban J connectivity index is 1.63. The third-order valence-electron chi connectivity index (χ3n) is 3.62. The number of ether oxygens (including phenoxy) is 1. The summed E-state index contributed by atoms with van der Waals surface area (Å²) >= 11 is 0. The Kier molecular flexibility index (Phi) is 2.99. The standard InChI is InChI=1S/C14H18N2O/c1-2-4-11(5-3-1)10-17-13-6-7-14-12(8-13)9-15-16-14/h6-9,11H,1-5,10H2,(H,15,16). The maximum atomic E-state index is 5.88. The van der Waals surface area contributed by atoms with Crippen molar-refractivity contribution in [3.63, 3.8) is 0 Å². The molecule has 3 heteroatoms. The van der Waals surface area contributed by atoms with Crippen molar-refractivity contribution in [3.8, 4) is 5.75 Å². The fraction of sp³-hybridized carbons (Fsp3) is 0.500. The summed E-state index contributed by atoms with van der Waals surface area (Å²) in [6.07, 6.45) is 8.63. The molecule has 1 aromatic carbocycles. The lowest BCUT2D eigenvalue weighted by Gasteiger charge is -2.21. The number of aromatic amines is 1. The molecule has 0 saturated heterocycles. The molecule has 2 aromatic rings. The molecule has 3 rings (SSSR count). The Labute approximate surface area is 101 Å². The molecule has 1 fully saturated rings. The van der Waals surface area contributed by atoms with Crippen LogP contribution >= 0.6 is 0 Å². The molecule has 17 heavy (non-hydrogen) atoms. The summed E-state index contributed by atoms with van der Waals surface area (Å²) in [7, 11) is 0. The van der Waals surface area contributed by atoms with E-state index in [0.29, 0.717) is 0 Å². The number of fused-ring (bicyclic) bond motifs is 1. The Bertz CT molecular complexity index is 486. The van der Waals surface area contributed by atoms with Gasteiger partial charge in [-0.2, -0.15) is 5.10 Å². The zero-order valence-electron chi connectivity index (χ0n) is 9.98. The monoisotopic (exact) mass is 230 g/mol. The number of nitrogens with one attached hydrogen (secondary N) is 1. The van der Waals surface area contributed by atoms with E-state index in [0.717, 1.165) is 29.2 Å². The fourth-order valence-electron chi connectivity index (χ4n) is 2.58. The predicted molar refractivity (Wildman–Crippen MR) is 68.2 cm³/mol. The number of rotatable bonds is 3. The third-order valence-corrected chi connectivity index (χ3v) is 3.62. The summed E-state index contributed by atoms with van der Waals surface area (Å²) in [5.41, 5.74) is 1.06. The predicted octanol–water partition coefficient (Wildman–Crippen LogP) is 3.52. The van der Waals surface area contributed by atoms with Gasteiger partial charge < -0.3 is 4.74 Å². The van der Waals surface area contributed by atoms with Crippen molar-refractivity contribution in [3.05, 3.63) is 24.4 Å². The molecule has 1 aromatic heterocycles. The first-order valence-corrected chi connectivity index (χ1v) is 6.48. The van der Waals surface area contributed by atoms with Crippen LogP contribution in [0.15, 0.2) is 24.4 Å². The maximum Gasteiger partial charge on any atom is 0.120 e. The van der Waals surface area contributed by atoms with Gasteiger partial charge in [-0.3, -0.25) is 5.10 Å². The first-order valence-electron chi connectivity index (χ1n) is 6.48. The van der Waals surface area contributed by atoms with Crippen LogP contribution < -0.4 is 4.74 Å². The van der Waals surface area contributed by atoms with Crippen molar-refractivity contribution < 1.29 is 4.74 Å². The smallest absolute Gasteiger partial charge is 0.120 e. The van der Waals surface area contributed by atoms with E-state index < -0.39 is 0 Å². The topological polar surface area (TPSA) is 37.9 Å². The van der Waals surface area contributed by atoms with E-state index in [4.69, 9.17) is 4.74 Å². The van der Waals surface area contributed by atoms with E-state index in [1.807, 2.05) is 18.3 Å². The zero-order chi connectivity index (χ0) is 11.5. The van der Waals surface area contributed by atoms with Gasteiger partial charge in [0, 0.05) is 5.39 Å². The third kappa shape index (κ3) is 2.43. The number of nitrogens with zero attached hydrogens (tertiary/aromatic N) is 1. The van der Waals surface area contributed by atoms with E-state index in [-0.39, 0.29) is 0 Å². The summed E-state index contributed by atoms with van der Waals surface area (Å²) in [6, 6.07) is 6.10. The minimum atomic E-state index is 0.754. The van der Waals surface area contributed by atoms with Crippen LogP contribution in [0.2, 0.25) is 0 Å². The van der Waals surface area contributed by atoms with Crippen LogP contribution in [0.4, 0.5) is 0 Å². The lowest BCUT2D eigenvalue weighted by Crippen LogP contribution is -2.15. The molecular formula is C14H18N2O. The van der Waals surface area contributed by atoms with Crippen molar-refractivity contribution >= 4 is 10.9 Å². The second-order valence-corrected chi connectivity index (χ2v) is 4.93. The number of benzene rings is 1. The van der Waals surface area contributed by atoms with E-state index in [9.17, 15) is 0 Å². The Morgan fingerprint density at radius 3 is 3.00 bits per heavy atom. The second kappa shape index (κ2) is 4.78. The van der Waals surface area contributed by atoms with Gasteiger partial charge in [0.2, 0.25) is 0 Å². The highest BCUT2D eigenvalue weighted by molar-refractivity contribution is 5.79. The van der Waals surface area contributed by atoms with Gasteiger partial charge in [-0.1, -0.05) is 19.3 Å². The second-order valence-electron chi connectivity index (χ2n) is 4.93. The van der Waals surface area contributed by atoms with Crippen LogP contribution in [0.1, 0.15) is 32.1 Å². The maximum absolute atomic E-state index is 5.88. The molecule has 0 bridgehead atoms. The summed E-state index contributed by atoms with van der Waals surface area (Å²) in [5.74, 6) is 1.72. The molecule has 0 unspecified atom stereocenters.